The molecule has 4 atom stereocenters. The van der Waals surface area contributed by atoms with E-state index < -0.39 is 16.6 Å². The highest BCUT2D eigenvalue weighted by Gasteiger charge is 2.45. The van der Waals surface area contributed by atoms with Gasteiger partial charge in [0.15, 0.2) is 16.6 Å². The Hall–Kier alpha value is -0.506. The monoisotopic (exact) mass is 494 g/mol. The van der Waals surface area contributed by atoms with Crippen molar-refractivity contribution in [3.05, 3.63) is 35.9 Å². The third-order valence-corrected chi connectivity index (χ3v) is 17.1. The van der Waals surface area contributed by atoms with Crippen molar-refractivity contribution < 1.29 is 18.7 Å². The largest absolute Gasteiger partial charge is 0.414 e. The molecule has 6 heteroatoms. The van der Waals surface area contributed by atoms with Crippen LogP contribution in [0.4, 0.5) is 0 Å². The highest BCUT2D eigenvalue weighted by molar-refractivity contribution is 6.74. The lowest BCUT2D eigenvalue weighted by atomic mass is 10.0. The van der Waals surface area contributed by atoms with E-state index in [0.717, 1.165) is 25.7 Å². The third kappa shape index (κ3) is 8.58. The fourth-order valence-electron chi connectivity index (χ4n) is 3.68. The molecule has 0 aromatic heterocycles. The molecular formula is C27H50O4Si2. The quantitative estimate of drug-likeness (QED) is 0.252. The summed E-state index contributed by atoms with van der Waals surface area (Å²) in [6.07, 6.45) is 4.01. The number of hydrogen-bond acceptors (Lipinski definition) is 4. The molecule has 0 bridgehead atoms. The first kappa shape index (κ1) is 28.7. The molecule has 1 aliphatic rings. The van der Waals surface area contributed by atoms with Crippen LogP contribution in [0.1, 0.15) is 66.4 Å². The van der Waals surface area contributed by atoms with E-state index in [1.54, 1.807) is 0 Å². The maximum atomic E-state index is 9.51. The minimum atomic E-state index is -1.95. The van der Waals surface area contributed by atoms with Gasteiger partial charge in [0.1, 0.15) is 6.10 Å². The van der Waals surface area contributed by atoms with Gasteiger partial charge in [0.2, 0.25) is 0 Å². The molecule has 1 aliphatic heterocycles. The Bertz CT molecular complexity index is 722. The zero-order valence-corrected chi connectivity index (χ0v) is 24.9. The van der Waals surface area contributed by atoms with Gasteiger partial charge in [-0.1, -0.05) is 71.9 Å². The molecule has 0 aliphatic carbocycles. The average Bonchev–Trinajstić information content (AvgIpc) is 3.42. The topological polar surface area (TPSA) is 51.2 Å². The van der Waals surface area contributed by atoms with Crippen LogP contribution in [0.25, 0.3) is 0 Å². The summed E-state index contributed by atoms with van der Waals surface area (Å²) in [6.45, 7) is 23.2. The average molecular weight is 495 g/mol. The van der Waals surface area contributed by atoms with Crippen LogP contribution >= 0.6 is 0 Å². The summed E-state index contributed by atoms with van der Waals surface area (Å²) in [5.74, 6) is 0. The normalized spacial score (nSPS) is 21.7. The molecule has 190 valence electrons. The second kappa shape index (κ2) is 11.0. The molecule has 1 heterocycles. The zero-order chi connectivity index (χ0) is 25.1. The number of aliphatic hydroxyl groups is 1. The van der Waals surface area contributed by atoms with Gasteiger partial charge in [-0.3, -0.25) is 0 Å². The third-order valence-electron chi connectivity index (χ3n) is 8.02. The molecule has 1 aromatic carbocycles. The van der Waals surface area contributed by atoms with Crippen molar-refractivity contribution in [3.8, 4) is 0 Å². The SMILES string of the molecule is CC(C)(C)[Si](C)(C)O[C@H](CCc1ccccc1)C[C@@H](C[C@H]1O[C@@H]1CO)O[Si](C)(C)C(C)(C)C. The molecule has 0 saturated carbocycles. The molecule has 1 N–H and O–H groups in total. The molecule has 0 amide bonds. The number of aliphatic hydroxyl groups excluding tert-OH is 1. The first-order valence-corrected chi connectivity index (χ1v) is 18.5. The summed E-state index contributed by atoms with van der Waals surface area (Å²) in [5, 5.41) is 9.82. The van der Waals surface area contributed by atoms with Crippen molar-refractivity contribution in [1.29, 1.82) is 0 Å². The van der Waals surface area contributed by atoms with Gasteiger partial charge in [-0.2, -0.15) is 0 Å². The molecule has 0 spiro atoms. The Morgan fingerprint density at radius 3 is 1.82 bits per heavy atom. The van der Waals surface area contributed by atoms with Crippen molar-refractivity contribution in [3.63, 3.8) is 0 Å². The van der Waals surface area contributed by atoms with Crippen LogP contribution in [0.15, 0.2) is 30.3 Å². The van der Waals surface area contributed by atoms with E-state index in [4.69, 9.17) is 13.6 Å². The van der Waals surface area contributed by atoms with Gasteiger partial charge in [-0.05, 0) is 61.1 Å². The molecular weight excluding hydrogens is 444 g/mol. The molecule has 0 radical (unpaired) electrons. The molecule has 0 unspecified atom stereocenters. The van der Waals surface area contributed by atoms with Crippen LogP contribution in [0.5, 0.6) is 0 Å². The molecule has 1 aromatic rings. The van der Waals surface area contributed by atoms with Gasteiger partial charge >= 0.3 is 0 Å². The van der Waals surface area contributed by atoms with Crippen molar-refractivity contribution in [2.75, 3.05) is 6.61 Å². The van der Waals surface area contributed by atoms with E-state index in [1.165, 1.54) is 5.56 Å². The van der Waals surface area contributed by atoms with Gasteiger partial charge in [0.05, 0.1) is 18.8 Å². The highest BCUT2D eigenvalue weighted by Crippen LogP contribution is 2.41. The van der Waals surface area contributed by atoms with Gasteiger partial charge in [0.25, 0.3) is 0 Å². The van der Waals surface area contributed by atoms with E-state index in [2.05, 4.69) is 98.1 Å². The molecule has 33 heavy (non-hydrogen) atoms. The Morgan fingerprint density at radius 1 is 0.848 bits per heavy atom. The number of aryl methyl sites for hydroxylation is 1. The van der Waals surface area contributed by atoms with Gasteiger partial charge in [-0.15, -0.1) is 0 Å². The predicted molar refractivity (Wildman–Crippen MR) is 144 cm³/mol. The van der Waals surface area contributed by atoms with E-state index >= 15 is 0 Å². The predicted octanol–water partition coefficient (Wildman–Crippen LogP) is 6.94. The van der Waals surface area contributed by atoms with Gasteiger partial charge < -0.3 is 18.7 Å². The first-order chi connectivity index (χ1) is 15.1. The second-order valence-electron chi connectivity index (χ2n) is 12.9. The number of benzene rings is 1. The van der Waals surface area contributed by atoms with Crippen LogP contribution < -0.4 is 0 Å². The summed E-state index contributed by atoms with van der Waals surface area (Å²) in [7, 11) is -3.88. The Kier molecular flexibility index (Phi) is 9.61. The standard InChI is InChI=1S/C27H50O4Si2/c1-26(2,3)32(7,8)30-22(17-16-21-14-12-11-13-15-21)18-23(19-24-25(20-28)29-24)31-33(9,10)27(4,5)6/h11-15,22-25,28H,16-20H2,1-10H3/t22-,23+,24-,25-/m1/s1. The lowest BCUT2D eigenvalue weighted by molar-refractivity contribution is 0.0779. The Labute approximate surface area is 205 Å². The van der Waals surface area contributed by atoms with Crippen molar-refractivity contribution >= 4 is 16.6 Å². The number of epoxide rings is 1. The van der Waals surface area contributed by atoms with Crippen LogP contribution in [-0.2, 0) is 20.0 Å². The molecule has 4 nitrogen and oxygen atoms in total. The van der Waals surface area contributed by atoms with Gasteiger partial charge in [-0.25, -0.2) is 0 Å². The summed E-state index contributed by atoms with van der Waals surface area (Å²) in [6, 6.07) is 10.7. The fourth-order valence-corrected chi connectivity index (χ4v) is 6.46. The Morgan fingerprint density at radius 2 is 1.36 bits per heavy atom. The van der Waals surface area contributed by atoms with Gasteiger partial charge in [0, 0.05) is 12.5 Å². The van der Waals surface area contributed by atoms with E-state index in [-0.39, 0.29) is 41.1 Å². The molecule has 2 rings (SSSR count). The fraction of sp³-hybridized carbons (Fsp3) is 0.778. The summed E-state index contributed by atoms with van der Waals surface area (Å²) in [4.78, 5) is 0. The molecule has 1 saturated heterocycles. The van der Waals surface area contributed by atoms with Crippen LogP contribution in [0.3, 0.4) is 0 Å². The maximum Gasteiger partial charge on any atom is 0.192 e. The summed E-state index contributed by atoms with van der Waals surface area (Å²) in [5.41, 5.74) is 1.36. The second-order valence-corrected chi connectivity index (χ2v) is 22.4. The first-order valence-electron chi connectivity index (χ1n) is 12.7. The number of ether oxygens (including phenoxy) is 1. The summed E-state index contributed by atoms with van der Waals surface area (Å²) >= 11 is 0. The lowest BCUT2D eigenvalue weighted by Crippen LogP contribution is -2.47. The summed E-state index contributed by atoms with van der Waals surface area (Å²) < 4.78 is 19.7. The highest BCUT2D eigenvalue weighted by atomic mass is 28.4. The number of hydrogen-bond donors (Lipinski definition) is 1. The van der Waals surface area contributed by atoms with Crippen LogP contribution in [0, 0.1) is 0 Å². The van der Waals surface area contributed by atoms with Crippen molar-refractivity contribution in [2.24, 2.45) is 0 Å². The van der Waals surface area contributed by atoms with Crippen LogP contribution in [0.2, 0.25) is 36.3 Å². The maximum absolute atomic E-state index is 9.51. The smallest absolute Gasteiger partial charge is 0.192 e. The molecule has 1 fully saturated rings. The van der Waals surface area contributed by atoms with Crippen LogP contribution in [-0.4, -0.2) is 52.8 Å². The Balaban J connectivity index is 2.21. The van der Waals surface area contributed by atoms with Crippen molar-refractivity contribution in [1.82, 2.24) is 0 Å². The van der Waals surface area contributed by atoms with Crippen molar-refractivity contribution in [2.45, 2.75) is 128 Å². The lowest BCUT2D eigenvalue weighted by Gasteiger charge is -2.42. The minimum Gasteiger partial charge on any atom is -0.414 e. The zero-order valence-electron chi connectivity index (χ0n) is 22.9. The number of rotatable bonds is 12. The van der Waals surface area contributed by atoms with E-state index in [0.29, 0.717) is 0 Å². The minimum absolute atomic E-state index is 0.0282. The van der Waals surface area contributed by atoms with E-state index in [9.17, 15) is 5.11 Å². The van der Waals surface area contributed by atoms with E-state index in [1.807, 2.05) is 0 Å².